The molecule has 0 aliphatic carbocycles. The van der Waals surface area contributed by atoms with Crippen LogP contribution in [0.5, 0.6) is 0 Å². The minimum atomic E-state index is 0.147. The van der Waals surface area contributed by atoms with Crippen LogP contribution in [0.2, 0.25) is 5.28 Å². The largest absolute Gasteiger partial charge is 0.396 e. The van der Waals surface area contributed by atoms with Gasteiger partial charge >= 0.3 is 0 Å². The molecule has 0 aliphatic rings. The van der Waals surface area contributed by atoms with Gasteiger partial charge in [0.25, 0.3) is 0 Å². The summed E-state index contributed by atoms with van der Waals surface area (Å²) in [6.45, 7) is 0.795. The maximum absolute atomic E-state index is 8.87. The molecular formula is C15H14ClN3OS. The Morgan fingerprint density at radius 3 is 2.76 bits per heavy atom. The summed E-state index contributed by atoms with van der Waals surface area (Å²) in [4.78, 5) is 10.5. The molecule has 0 bridgehead atoms. The molecule has 2 N–H and O–H groups in total. The highest BCUT2D eigenvalue weighted by Crippen LogP contribution is 2.35. The average molecular weight is 320 g/mol. The van der Waals surface area contributed by atoms with Crippen LogP contribution in [0.1, 0.15) is 6.42 Å². The number of aliphatic hydroxyl groups is 1. The van der Waals surface area contributed by atoms with Gasteiger partial charge in [-0.25, -0.2) is 9.97 Å². The van der Waals surface area contributed by atoms with Crippen molar-refractivity contribution < 1.29 is 5.11 Å². The quantitative estimate of drug-likeness (QED) is 0.554. The number of fused-ring (bicyclic) bond motifs is 1. The summed E-state index contributed by atoms with van der Waals surface area (Å²) in [7, 11) is 0. The zero-order valence-corrected chi connectivity index (χ0v) is 12.8. The third-order valence-electron chi connectivity index (χ3n) is 3.05. The molecule has 108 valence electrons. The van der Waals surface area contributed by atoms with Crippen LogP contribution in [-0.4, -0.2) is 28.2 Å². The first-order chi connectivity index (χ1) is 10.3. The van der Waals surface area contributed by atoms with E-state index < -0.39 is 0 Å². The van der Waals surface area contributed by atoms with Gasteiger partial charge in [-0.3, -0.25) is 0 Å². The fourth-order valence-corrected chi connectivity index (χ4v) is 3.32. The maximum Gasteiger partial charge on any atom is 0.225 e. The number of nitrogens with zero attached hydrogens (tertiary/aromatic N) is 2. The Bertz CT molecular complexity index is 745. The summed E-state index contributed by atoms with van der Waals surface area (Å²) in [5, 5.41) is 13.3. The number of anilines is 1. The van der Waals surface area contributed by atoms with E-state index in [0.29, 0.717) is 13.0 Å². The molecule has 0 saturated carbocycles. The van der Waals surface area contributed by atoms with Gasteiger partial charge in [-0.1, -0.05) is 30.3 Å². The second-order valence-corrected chi connectivity index (χ2v) is 5.91. The molecule has 0 atom stereocenters. The molecule has 0 aliphatic heterocycles. The second kappa shape index (κ2) is 6.39. The highest BCUT2D eigenvalue weighted by Gasteiger charge is 2.11. The van der Waals surface area contributed by atoms with Crippen LogP contribution in [0, 0.1) is 0 Å². The van der Waals surface area contributed by atoms with Gasteiger partial charge in [0.1, 0.15) is 10.6 Å². The van der Waals surface area contributed by atoms with E-state index in [9.17, 15) is 0 Å². The molecule has 0 spiro atoms. The monoisotopic (exact) mass is 319 g/mol. The van der Waals surface area contributed by atoms with E-state index in [1.807, 2.05) is 18.2 Å². The number of aromatic nitrogens is 2. The number of benzene rings is 1. The Morgan fingerprint density at radius 2 is 2.00 bits per heavy atom. The van der Waals surface area contributed by atoms with Crippen LogP contribution in [0.15, 0.2) is 36.4 Å². The van der Waals surface area contributed by atoms with E-state index in [4.69, 9.17) is 16.7 Å². The minimum Gasteiger partial charge on any atom is -0.396 e. The first-order valence-corrected chi connectivity index (χ1v) is 7.84. The first-order valence-electron chi connectivity index (χ1n) is 6.65. The highest BCUT2D eigenvalue weighted by molar-refractivity contribution is 7.22. The molecule has 0 unspecified atom stereocenters. The van der Waals surface area contributed by atoms with Gasteiger partial charge in [-0.15, -0.1) is 11.3 Å². The number of aliphatic hydroxyl groups excluding tert-OH is 1. The summed E-state index contributed by atoms with van der Waals surface area (Å²) in [5.74, 6) is 0.719. The van der Waals surface area contributed by atoms with E-state index in [0.717, 1.165) is 26.5 Å². The second-order valence-electron chi connectivity index (χ2n) is 4.54. The van der Waals surface area contributed by atoms with Gasteiger partial charge in [-0.2, -0.15) is 0 Å². The van der Waals surface area contributed by atoms with Gasteiger partial charge in [0.15, 0.2) is 0 Å². The lowest BCUT2D eigenvalue weighted by Gasteiger charge is -2.05. The van der Waals surface area contributed by atoms with Crippen molar-refractivity contribution in [2.45, 2.75) is 6.42 Å². The molecule has 2 aromatic heterocycles. The first kappa shape index (κ1) is 14.3. The molecule has 0 amide bonds. The number of nitrogens with one attached hydrogen (secondary N) is 1. The van der Waals surface area contributed by atoms with E-state index in [-0.39, 0.29) is 11.9 Å². The van der Waals surface area contributed by atoms with E-state index in [1.54, 1.807) is 11.3 Å². The van der Waals surface area contributed by atoms with Crippen LogP contribution in [0.4, 0.5) is 5.82 Å². The number of thiophene rings is 1. The van der Waals surface area contributed by atoms with Crippen LogP contribution in [0.25, 0.3) is 20.7 Å². The lowest BCUT2D eigenvalue weighted by molar-refractivity contribution is 0.292. The number of rotatable bonds is 5. The van der Waals surface area contributed by atoms with Crippen LogP contribution in [-0.2, 0) is 0 Å². The number of hydrogen-bond donors (Lipinski definition) is 2. The van der Waals surface area contributed by atoms with Crippen LogP contribution >= 0.6 is 22.9 Å². The summed E-state index contributed by atoms with van der Waals surface area (Å²) in [6.07, 6.45) is 0.665. The predicted octanol–water partition coefficient (Wildman–Crippen LogP) is 3.81. The van der Waals surface area contributed by atoms with Crippen LogP contribution < -0.4 is 5.32 Å². The van der Waals surface area contributed by atoms with Crippen molar-refractivity contribution in [3.05, 3.63) is 41.7 Å². The van der Waals surface area contributed by atoms with Crippen molar-refractivity contribution in [1.82, 2.24) is 9.97 Å². The molecule has 2 heterocycles. The molecule has 3 rings (SSSR count). The summed E-state index contributed by atoms with van der Waals surface area (Å²) >= 11 is 7.58. The Labute approximate surface area is 131 Å². The summed E-state index contributed by atoms with van der Waals surface area (Å²) < 4.78 is 0. The van der Waals surface area contributed by atoms with E-state index in [1.165, 1.54) is 0 Å². The third-order valence-corrected chi connectivity index (χ3v) is 4.30. The van der Waals surface area contributed by atoms with Gasteiger partial charge in [0.2, 0.25) is 5.28 Å². The topological polar surface area (TPSA) is 58.0 Å². The third kappa shape index (κ3) is 3.15. The van der Waals surface area contributed by atoms with E-state index in [2.05, 4.69) is 33.5 Å². The summed E-state index contributed by atoms with van der Waals surface area (Å²) in [5.41, 5.74) is 1.15. The van der Waals surface area contributed by atoms with Gasteiger partial charge in [0, 0.05) is 18.0 Å². The zero-order chi connectivity index (χ0) is 14.7. The molecule has 0 radical (unpaired) electrons. The van der Waals surface area contributed by atoms with Gasteiger partial charge < -0.3 is 10.4 Å². The lowest BCUT2D eigenvalue weighted by atomic mass is 10.2. The lowest BCUT2D eigenvalue weighted by Crippen LogP contribution is -2.05. The Morgan fingerprint density at radius 1 is 1.19 bits per heavy atom. The number of halogens is 1. The molecule has 1 aromatic carbocycles. The maximum atomic E-state index is 8.87. The molecule has 0 saturated heterocycles. The molecule has 4 nitrogen and oxygen atoms in total. The normalized spacial score (nSPS) is 11.0. The molecule has 21 heavy (non-hydrogen) atoms. The van der Waals surface area contributed by atoms with Crippen molar-refractivity contribution in [3.8, 4) is 10.4 Å². The molecule has 6 heteroatoms. The molecular weight excluding hydrogens is 306 g/mol. The average Bonchev–Trinajstić information content (AvgIpc) is 2.92. The van der Waals surface area contributed by atoms with Crippen molar-refractivity contribution in [2.24, 2.45) is 0 Å². The highest BCUT2D eigenvalue weighted by atomic mass is 35.5. The fraction of sp³-hybridized carbons (Fsp3) is 0.200. The van der Waals surface area contributed by atoms with Gasteiger partial charge in [-0.05, 0) is 29.7 Å². The molecule has 3 aromatic rings. The predicted molar refractivity (Wildman–Crippen MR) is 88.1 cm³/mol. The SMILES string of the molecule is OCCCNc1nc(Cl)nc2sc(-c3ccccc3)cc12. The van der Waals surface area contributed by atoms with Gasteiger partial charge in [0.05, 0.1) is 5.39 Å². The smallest absolute Gasteiger partial charge is 0.225 e. The fourth-order valence-electron chi connectivity index (χ4n) is 2.06. The minimum absolute atomic E-state index is 0.147. The Kier molecular flexibility index (Phi) is 4.34. The van der Waals surface area contributed by atoms with Crippen LogP contribution in [0.3, 0.4) is 0 Å². The summed E-state index contributed by atoms with van der Waals surface area (Å²) in [6, 6.07) is 12.2. The van der Waals surface area contributed by atoms with E-state index >= 15 is 0 Å². The van der Waals surface area contributed by atoms with Crippen molar-refractivity contribution >= 4 is 39.0 Å². The molecule has 0 fully saturated rings. The van der Waals surface area contributed by atoms with Crippen molar-refractivity contribution in [3.63, 3.8) is 0 Å². The standard InChI is InChI=1S/C15H14ClN3OS/c16-15-18-13(17-7-4-8-20)11-9-12(21-14(11)19-15)10-5-2-1-3-6-10/h1-3,5-6,9,20H,4,7-8H2,(H,17,18,19). The zero-order valence-electron chi connectivity index (χ0n) is 11.2. The van der Waals surface area contributed by atoms with Crippen molar-refractivity contribution in [1.29, 1.82) is 0 Å². The Balaban J connectivity index is 2.02. The van der Waals surface area contributed by atoms with Crippen molar-refractivity contribution in [2.75, 3.05) is 18.5 Å². The Hall–Kier alpha value is -1.69. The number of hydrogen-bond acceptors (Lipinski definition) is 5.